The van der Waals surface area contributed by atoms with Crippen molar-refractivity contribution in [2.75, 3.05) is 5.73 Å². The maximum Gasteiger partial charge on any atom is 0.0343 e. The van der Waals surface area contributed by atoms with Gasteiger partial charge in [-0.1, -0.05) is 96.0 Å². The largest absolute Gasteiger partial charge is 0.399 e. The number of aryl methyl sites for hydroxylation is 2. The highest BCUT2D eigenvalue weighted by Gasteiger charge is 2.13. The van der Waals surface area contributed by atoms with Crippen LogP contribution in [0.15, 0.2) is 54.6 Å². The van der Waals surface area contributed by atoms with Gasteiger partial charge in [0.15, 0.2) is 0 Å². The molecule has 0 aliphatic rings. The first-order valence-corrected chi connectivity index (χ1v) is 9.71. The van der Waals surface area contributed by atoms with E-state index < -0.39 is 0 Å². The van der Waals surface area contributed by atoms with Crippen molar-refractivity contribution in [3.8, 4) is 0 Å². The van der Waals surface area contributed by atoms with Crippen LogP contribution in [0.25, 0.3) is 0 Å². The number of para-hydroxylation sites is 1. The van der Waals surface area contributed by atoms with Gasteiger partial charge in [-0.25, -0.2) is 0 Å². The highest BCUT2D eigenvalue weighted by molar-refractivity contribution is 5.44. The predicted molar refractivity (Wildman–Crippen MR) is 115 cm³/mol. The van der Waals surface area contributed by atoms with E-state index in [1.54, 1.807) is 0 Å². The van der Waals surface area contributed by atoms with Gasteiger partial charge in [-0.2, -0.15) is 0 Å². The minimum absolute atomic E-state index is 0.601. The average molecular weight is 342 g/mol. The molecule has 2 aromatic rings. The Balaban J connectivity index is 0.000000346. The summed E-state index contributed by atoms with van der Waals surface area (Å²) in [6, 6.07) is 18.3. The summed E-state index contributed by atoms with van der Waals surface area (Å²) in [4.78, 5) is 0. The molecule has 0 fully saturated rings. The number of anilines is 1. The standard InChI is InChI=1S/C9H20.C8H10.C7H9N/c1-5-7-9(3,4)8-6-2;1-2-8-6-4-3-5-7-8;1-6-4-2-3-5-7(6)8/h5-8H2,1-4H3;3-7H,2H2,1H3;2-5H,8H2,1H3. The summed E-state index contributed by atoms with van der Waals surface area (Å²) in [5, 5.41) is 0. The molecule has 0 saturated heterocycles. The Labute approximate surface area is 156 Å². The van der Waals surface area contributed by atoms with Gasteiger partial charge in [-0.05, 0) is 48.8 Å². The molecule has 25 heavy (non-hydrogen) atoms. The van der Waals surface area contributed by atoms with E-state index in [2.05, 4.69) is 58.9 Å². The first kappa shape index (κ1) is 23.2. The number of hydrogen-bond donors (Lipinski definition) is 1. The minimum atomic E-state index is 0.601. The second kappa shape index (κ2) is 13.5. The molecular weight excluding hydrogens is 302 g/mol. The summed E-state index contributed by atoms with van der Waals surface area (Å²) in [7, 11) is 0. The van der Waals surface area contributed by atoms with Crippen molar-refractivity contribution in [3.05, 3.63) is 65.7 Å². The number of rotatable bonds is 5. The molecule has 140 valence electrons. The molecule has 0 bridgehead atoms. The molecule has 0 aliphatic heterocycles. The van der Waals surface area contributed by atoms with E-state index in [9.17, 15) is 0 Å². The highest BCUT2D eigenvalue weighted by atomic mass is 14.5. The number of hydrogen-bond acceptors (Lipinski definition) is 1. The van der Waals surface area contributed by atoms with Gasteiger partial charge in [-0.15, -0.1) is 0 Å². The van der Waals surface area contributed by atoms with Crippen LogP contribution in [0.1, 0.15) is 71.4 Å². The average Bonchev–Trinajstić information content (AvgIpc) is 2.59. The summed E-state index contributed by atoms with van der Waals surface area (Å²) >= 11 is 0. The highest BCUT2D eigenvalue weighted by Crippen LogP contribution is 2.27. The van der Waals surface area contributed by atoms with E-state index in [0.717, 1.165) is 17.7 Å². The molecule has 0 saturated carbocycles. The van der Waals surface area contributed by atoms with Crippen LogP contribution in [0.3, 0.4) is 0 Å². The first-order chi connectivity index (χ1) is 11.9. The van der Waals surface area contributed by atoms with Crippen molar-refractivity contribution in [1.29, 1.82) is 0 Å². The maximum atomic E-state index is 5.52. The van der Waals surface area contributed by atoms with Crippen LogP contribution < -0.4 is 5.73 Å². The molecule has 0 atom stereocenters. The Morgan fingerprint density at radius 2 is 1.24 bits per heavy atom. The quantitative estimate of drug-likeness (QED) is 0.562. The minimum Gasteiger partial charge on any atom is -0.399 e. The molecular formula is C24H39N. The van der Waals surface area contributed by atoms with Gasteiger partial charge in [0.1, 0.15) is 0 Å². The zero-order valence-corrected chi connectivity index (χ0v) is 17.3. The van der Waals surface area contributed by atoms with E-state index in [0.29, 0.717) is 5.41 Å². The number of benzene rings is 2. The van der Waals surface area contributed by atoms with Gasteiger partial charge >= 0.3 is 0 Å². The molecule has 0 aliphatic carbocycles. The van der Waals surface area contributed by atoms with Crippen molar-refractivity contribution in [1.82, 2.24) is 0 Å². The van der Waals surface area contributed by atoms with E-state index in [-0.39, 0.29) is 0 Å². The molecule has 0 heterocycles. The SMILES string of the molecule is CCCC(C)(C)CCC.CCc1ccccc1.Cc1ccccc1N. The zero-order chi connectivity index (χ0) is 19.1. The van der Waals surface area contributed by atoms with E-state index in [1.807, 2.05) is 37.3 Å². The second-order valence-corrected chi connectivity index (χ2v) is 7.36. The van der Waals surface area contributed by atoms with Crippen molar-refractivity contribution >= 4 is 5.69 Å². The summed E-state index contributed by atoms with van der Waals surface area (Å²) in [5.74, 6) is 0. The first-order valence-electron chi connectivity index (χ1n) is 9.71. The summed E-state index contributed by atoms with van der Waals surface area (Å²) < 4.78 is 0. The Bertz CT molecular complexity index is 514. The second-order valence-electron chi connectivity index (χ2n) is 7.36. The lowest BCUT2D eigenvalue weighted by atomic mass is 9.84. The molecule has 2 aromatic carbocycles. The van der Waals surface area contributed by atoms with Crippen LogP contribution >= 0.6 is 0 Å². The lowest BCUT2D eigenvalue weighted by molar-refractivity contribution is 0.301. The van der Waals surface area contributed by atoms with E-state index in [4.69, 9.17) is 5.73 Å². The lowest BCUT2D eigenvalue weighted by Gasteiger charge is -2.22. The maximum absolute atomic E-state index is 5.52. The summed E-state index contributed by atoms with van der Waals surface area (Å²) in [6.45, 7) is 13.4. The fraction of sp³-hybridized carbons (Fsp3) is 0.500. The van der Waals surface area contributed by atoms with Crippen molar-refractivity contribution < 1.29 is 0 Å². The molecule has 0 radical (unpaired) electrons. The van der Waals surface area contributed by atoms with Crippen LogP contribution in [0.2, 0.25) is 0 Å². The van der Waals surface area contributed by atoms with E-state index in [1.165, 1.54) is 31.2 Å². The Morgan fingerprint density at radius 1 is 0.760 bits per heavy atom. The van der Waals surface area contributed by atoms with Crippen molar-refractivity contribution in [2.45, 2.75) is 73.6 Å². The molecule has 2 N–H and O–H groups in total. The van der Waals surface area contributed by atoms with Crippen molar-refractivity contribution in [2.24, 2.45) is 5.41 Å². The van der Waals surface area contributed by atoms with Crippen molar-refractivity contribution in [3.63, 3.8) is 0 Å². The molecule has 1 nitrogen and oxygen atoms in total. The zero-order valence-electron chi connectivity index (χ0n) is 17.3. The normalized spacial score (nSPS) is 10.2. The van der Waals surface area contributed by atoms with Crippen LogP contribution in [-0.2, 0) is 6.42 Å². The van der Waals surface area contributed by atoms with Crippen LogP contribution in [0.4, 0.5) is 5.69 Å². The topological polar surface area (TPSA) is 26.0 Å². The Hall–Kier alpha value is -1.76. The van der Waals surface area contributed by atoms with Gasteiger partial charge < -0.3 is 5.73 Å². The number of nitrogens with two attached hydrogens (primary N) is 1. The van der Waals surface area contributed by atoms with Crippen LogP contribution in [0.5, 0.6) is 0 Å². The Morgan fingerprint density at radius 3 is 1.56 bits per heavy atom. The fourth-order valence-electron chi connectivity index (χ4n) is 2.78. The third kappa shape index (κ3) is 12.3. The lowest BCUT2D eigenvalue weighted by Crippen LogP contribution is -2.09. The van der Waals surface area contributed by atoms with Gasteiger partial charge in [-0.3, -0.25) is 0 Å². The summed E-state index contributed by atoms with van der Waals surface area (Å²) in [5.41, 5.74) is 9.54. The molecule has 0 amide bonds. The molecule has 0 spiro atoms. The van der Waals surface area contributed by atoms with E-state index >= 15 is 0 Å². The molecule has 1 heteroatoms. The molecule has 0 unspecified atom stereocenters. The third-order valence-electron chi connectivity index (χ3n) is 4.29. The van der Waals surface area contributed by atoms with Gasteiger partial charge in [0.2, 0.25) is 0 Å². The molecule has 0 aromatic heterocycles. The van der Waals surface area contributed by atoms with Crippen LogP contribution in [0, 0.1) is 12.3 Å². The third-order valence-corrected chi connectivity index (χ3v) is 4.29. The summed E-state index contributed by atoms with van der Waals surface area (Å²) in [6.07, 6.45) is 6.54. The number of nitrogen functional groups attached to an aromatic ring is 1. The van der Waals surface area contributed by atoms with Gasteiger partial charge in [0.05, 0.1) is 0 Å². The van der Waals surface area contributed by atoms with Gasteiger partial charge in [0, 0.05) is 5.69 Å². The smallest absolute Gasteiger partial charge is 0.0343 e. The monoisotopic (exact) mass is 341 g/mol. The fourth-order valence-corrected chi connectivity index (χ4v) is 2.78. The predicted octanol–water partition coefficient (Wildman–Crippen LogP) is 7.44. The Kier molecular flexibility index (Phi) is 12.6. The van der Waals surface area contributed by atoms with Gasteiger partial charge in [0.25, 0.3) is 0 Å². The van der Waals surface area contributed by atoms with Crippen LogP contribution in [-0.4, -0.2) is 0 Å². The molecule has 2 rings (SSSR count).